The lowest BCUT2D eigenvalue weighted by Gasteiger charge is -2.33. The minimum absolute atomic E-state index is 0.0268. The topological polar surface area (TPSA) is 90.5 Å². The third kappa shape index (κ3) is 5.37. The van der Waals surface area contributed by atoms with Gasteiger partial charge in [-0.2, -0.15) is 5.10 Å². The van der Waals surface area contributed by atoms with Crippen molar-refractivity contribution in [2.24, 2.45) is 0 Å². The second-order valence-electron chi connectivity index (χ2n) is 7.23. The second kappa shape index (κ2) is 9.91. The standard InChI is InChI=1S/C20H26F2N4O3/c1-29-8-6-23-20(28)16-10-24-25-19(16)13-3-2-7-26(11-13)12-18(27)15-9-14(21)4-5-17(15)22/h4-5,9-10,13,18,27H,2-3,6-8,11-12H2,1H3,(H,23,28)(H,24,25)/t13-,18+/m1/s1. The molecule has 1 aromatic heterocycles. The maximum Gasteiger partial charge on any atom is 0.254 e. The van der Waals surface area contributed by atoms with Crippen LogP contribution < -0.4 is 5.32 Å². The average molecular weight is 408 g/mol. The Morgan fingerprint density at radius 2 is 2.31 bits per heavy atom. The molecule has 0 bridgehead atoms. The summed E-state index contributed by atoms with van der Waals surface area (Å²) in [5, 5.41) is 20.2. The maximum absolute atomic E-state index is 13.9. The van der Waals surface area contributed by atoms with Crippen LogP contribution in [0.3, 0.4) is 0 Å². The van der Waals surface area contributed by atoms with Gasteiger partial charge in [-0.25, -0.2) is 8.78 Å². The number of benzene rings is 1. The van der Waals surface area contributed by atoms with Gasteiger partial charge in [0, 0.05) is 38.2 Å². The molecule has 0 aliphatic carbocycles. The third-order valence-corrected chi connectivity index (χ3v) is 5.17. The number of amides is 1. The number of aromatic nitrogens is 2. The molecule has 1 aromatic carbocycles. The fourth-order valence-electron chi connectivity index (χ4n) is 3.72. The number of likely N-dealkylation sites (tertiary alicyclic amines) is 1. The number of β-amino-alcohol motifs (C(OH)–C–C–N with tert-alkyl or cyclic N) is 1. The number of methoxy groups -OCH3 is 1. The number of aromatic amines is 1. The van der Waals surface area contributed by atoms with Crippen LogP contribution in [-0.4, -0.2) is 66.0 Å². The smallest absolute Gasteiger partial charge is 0.254 e. The van der Waals surface area contributed by atoms with Crippen molar-refractivity contribution < 1.29 is 23.4 Å². The van der Waals surface area contributed by atoms with Gasteiger partial charge in [-0.15, -0.1) is 0 Å². The van der Waals surface area contributed by atoms with E-state index in [1.165, 1.54) is 6.20 Å². The molecule has 1 aliphatic rings. The quantitative estimate of drug-likeness (QED) is 0.581. The highest BCUT2D eigenvalue weighted by atomic mass is 19.1. The molecule has 7 nitrogen and oxygen atoms in total. The molecule has 2 atom stereocenters. The van der Waals surface area contributed by atoms with Crippen LogP contribution >= 0.6 is 0 Å². The summed E-state index contributed by atoms with van der Waals surface area (Å²) in [4.78, 5) is 14.4. The van der Waals surface area contributed by atoms with E-state index in [4.69, 9.17) is 4.74 Å². The molecule has 1 saturated heterocycles. The number of rotatable bonds is 8. The van der Waals surface area contributed by atoms with E-state index < -0.39 is 17.7 Å². The van der Waals surface area contributed by atoms with Crippen molar-refractivity contribution in [1.82, 2.24) is 20.4 Å². The monoisotopic (exact) mass is 408 g/mol. The van der Waals surface area contributed by atoms with E-state index in [0.29, 0.717) is 25.3 Å². The van der Waals surface area contributed by atoms with Crippen LogP contribution in [0.15, 0.2) is 24.4 Å². The first kappa shape index (κ1) is 21.4. The Hall–Kier alpha value is -2.36. The highest BCUT2D eigenvalue weighted by Gasteiger charge is 2.28. The number of carbonyl (C=O) groups is 1. The summed E-state index contributed by atoms with van der Waals surface area (Å²) >= 11 is 0. The molecule has 0 spiro atoms. The van der Waals surface area contributed by atoms with Crippen LogP contribution in [0.5, 0.6) is 0 Å². The van der Waals surface area contributed by atoms with Gasteiger partial charge in [-0.05, 0) is 37.6 Å². The van der Waals surface area contributed by atoms with Crippen molar-refractivity contribution in [3.63, 3.8) is 0 Å². The van der Waals surface area contributed by atoms with Crippen molar-refractivity contribution in [2.75, 3.05) is 39.9 Å². The maximum atomic E-state index is 13.9. The summed E-state index contributed by atoms with van der Waals surface area (Å²) in [5.41, 5.74) is 1.19. The Labute approximate surface area is 168 Å². The van der Waals surface area contributed by atoms with E-state index in [1.807, 2.05) is 4.90 Å². The summed E-state index contributed by atoms with van der Waals surface area (Å²) in [5.74, 6) is -1.40. The minimum atomic E-state index is -1.14. The number of halogens is 2. The number of aliphatic hydroxyl groups excluding tert-OH is 1. The molecule has 1 amide bonds. The summed E-state index contributed by atoms with van der Waals surface area (Å²) in [7, 11) is 1.57. The lowest BCUT2D eigenvalue weighted by molar-refractivity contribution is 0.0900. The predicted molar refractivity (Wildman–Crippen MR) is 103 cm³/mol. The van der Waals surface area contributed by atoms with E-state index in [0.717, 1.165) is 43.3 Å². The minimum Gasteiger partial charge on any atom is -0.387 e. The second-order valence-corrected chi connectivity index (χ2v) is 7.23. The molecule has 9 heteroatoms. The number of hydrogen-bond acceptors (Lipinski definition) is 5. The molecule has 29 heavy (non-hydrogen) atoms. The summed E-state index contributed by atoms with van der Waals surface area (Å²) < 4.78 is 32.3. The number of H-pyrrole nitrogens is 1. The molecular weight excluding hydrogens is 382 g/mol. The SMILES string of the molecule is COCCNC(=O)c1cn[nH]c1[C@@H]1CCCN(C[C@H](O)c2cc(F)ccc2F)C1. The molecule has 0 unspecified atom stereocenters. The van der Waals surface area contributed by atoms with Crippen molar-refractivity contribution in [2.45, 2.75) is 24.9 Å². The number of carbonyl (C=O) groups excluding carboxylic acids is 1. The fraction of sp³-hybridized carbons (Fsp3) is 0.500. The lowest BCUT2D eigenvalue weighted by atomic mass is 9.92. The Morgan fingerprint density at radius 3 is 3.10 bits per heavy atom. The zero-order valence-electron chi connectivity index (χ0n) is 16.3. The summed E-state index contributed by atoms with van der Waals surface area (Å²) in [6.45, 7) is 2.32. The molecule has 0 radical (unpaired) electrons. The molecule has 158 valence electrons. The first-order chi connectivity index (χ1) is 14.0. The zero-order chi connectivity index (χ0) is 20.8. The molecule has 3 N–H and O–H groups in total. The largest absolute Gasteiger partial charge is 0.387 e. The molecule has 0 saturated carbocycles. The average Bonchev–Trinajstić information content (AvgIpc) is 3.20. The Balaban J connectivity index is 1.65. The Morgan fingerprint density at radius 1 is 1.48 bits per heavy atom. The van der Waals surface area contributed by atoms with Crippen LogP contribution in [0, 0.1) is 11.6 Å². The van der Waals surface area contributed by atoms with Gasteiger partial charge in [-0.3, -0.25) is 14.8 Å². The van der Waals surface area contributed by atoms with Gasteiger partial charge in [0.25, 0.3) is 5.91 Å². The molecule has 2 aromatic rings. The van der Waals surface area contributed by atoms with Gasteiger partial charge >= 0.3 is 0 Å². The number of nitrogens with one attached hydrogen (secondary N) is 2. The van der Waals surface area contributed by atoms with Gasteiger partial charge in [0.1, 0.15) is 11.6 Å². The summed E-state index contributed by atoms with van der Waals surface area (Å²) in [6, 6.07) is 3.07. The van der Waals surface area contributed by atoms with Crippen molar-refractivity contribution in [3.05, 3.63) is 52.9 Å². The van der Waals surface area contributed by atoms with E-state index in [9.17, 15) is 18.7 Å². The molecule has 1 fully saturated rings. The van der Waals surface area contributed by atoms with Gasteiger partial charge in [0.15, 0.2) is 0 Å². The van der Waals surface area contributed by atoms with Gasteiger partial charge in [0.2, 0.25) is 0 Å². The van der Waals surface area contributed by atoms with Crippen LogP contribution in [0.25, 0.3) is 0 Å². The first-order valence-corrected chi connectivity index (χ1v) is 9.65. The van der Waals surface area contributed by atoms with Crippen molar-refractivity contribution in [1.29, 1.82) is 0 Å². The number of piperidine rings is 1. The van der Waals surface area contributed by atoms with Crippen LogP contribution in [0.4, 0.5) is 8.78 Å². The Kier molecular flexibility index (Phi) is 7.29. The van der Waals surface area contributed by atoms with Gasteiger partial charge < -0.3 is 15.2 Å². The van der Waals surface area contributed by atoms with Crippen LogP contribution in [0.2, 0.25) is 0 Å². The highest BCUT2D eigenvalue weighted by molar-refractivity contribution is 5.95. The third-order valence-electron chi connectivity index (χ3n) is 5.17. The van der Waals surface area contributed by atoms with Crippen LogP contribution in [-0.2, 0) is 4.74 Å². The number of ether oxygens (including phenoxy) is 1. The lowest BCUT2D eigenvalue weighted by Crippen LogP contribution is -2.38. The van der Waals surface area contributed by atoms with Crippen molar-refractivity contribution in [3.8, 4) is 0 Å². The number of aliphatic hydroxyl groups is 1. The number of hydrogen-bond donors (Lipinski definition) is 3. The van der Waals surface area contributed by atoms with Crippen molar-refractivity contribution >= 4 is 5.91 Å². The highest BCUT2D eigenvalue weighted by Crippen LogP contribution is 2.29. The molecule has 1 aliphatic heterocycles. The molecule has 2 heterocycles. The normalized spacial score (nSPS) is 18.6. The number of nitrogens with zero attached hydrogens (tertiary/aromatic N) is 2. The van der Waals surface area contributed by atoms with Crippen LogP contribution in [0.1, 0.15) is 46.5 Å². The molecule has 3 rings (SSSR count). The zero-order valence-corrected chi connectivity index (χ0v) is 16.3. The van der Waals surface area contributed by atoms with E-state index in [-0.39, 0.29) is 23.9 Å². The van der Waals surface area contributed by atoms with Gasteiger partial charge in [0.05, 0.1) is 30.2 Å². The molecular formula is C20H26F2N4O3. The van der Waals surface area contributed by atoms with Gasteiger partial charge in [-0.1, -0.05) is 0 Å². The van der Waals surface area contributed by atoms with E-state index >= 15 is 0 Å². The predicted octanol–water partition coefficient (Wildman–Crippen LogP) is 1.98. The Bertz CT molecular complexity index is 830. The first-order valence-electron chi connectivity index (χ1n) is 9.65. The fourth-order valence-corrected chi connectivity index (χ4v) is 3.72. The summed E-state index contributed by atoms with van der Waals surface area (Å²) in [6.07, 6.45) is 2.09. The van der Waals surface area contributed by atoms with E-state index in [1.54, 1.807) is 7.11 Å². The van der Waals surface area contributed by atoms with E-state index in [2.05, 4.69) is 15.5 Å².